The molecule has 1 rings (SSSR count). The van der Waals surface area contributed by atoms with Crippen molar-refractivity contribution in [3.05, 3.63) is 0 Å². The van der Waals surface area contributed by atoms with Crippen LogP contribution in [0.4, 0.5) is 4.79 Å². The monoisotopic (exact) mass is 287 g/mol. The zero-order valence-corrected chi connectivity index (χ0v) is 11.8. The van der Waals surface area contributed by atoms with E-state index < -0.39 is 17.5 Å². The molecule has 0 radical (unpaired) electrons. The van der Waals surface area contributed by atoms with Gasteiger partial charge in [0.25, 0.3) is 0 Å². The Kier molecular flexibility index (Phi) is 5.75. The van der Waals surface area contributed by atoms with Gasteiger partial charge in [-0.15, -0.1) is 0 Å². The lowest BCUT2D eigenvalue weighted by molar-refractivity contribution is -0.143. The quantitative estimate of drug-likeness (QED) is 0.625. The number of rotatable bonds is 5. The minimum atomic E-state index is -1.34. The van der Waals surface area contributed by atoms with Crippen molar-refractivity contribution in [1.82, 2.24) is 15.5 Å². The molecule has 8 heteroatoms. The molecule has 1 aliphatic heterocycles. The summed E-state index contributed by atoms with van der Waals surface area (Å²) in [6.07, 6.45) is 0.243. The summed E-state index contributed by atoms with van der Waals surface area (Å²) in [4.78, 5) is 36.1. The number of hydrogen-bond acceptors (Lipinski definition) is 4. The summed E-state index contributed by atoms with van der Waals surface area (Å²) >= 11 is 0. The van der Waals surface area contributed by atoms with Crippen LogP contribution in [0.5, 0.6) is 0 Å². The Bertz CT molecular complexity index is 381. The minimum absolute atomic E-state index is 0.161. The number of carbonyl (C=O) groups excluding carboxylic acids is 2. The fourth-order valence-corrected chi connectivity index (χ4v) is 1.67. The first-order valence-electron chi connectivity index (χ1n) is 6.54. The Morgan fingerprint density at radius 3 is 2.40 bits per heavy atom. The molecule has 0 aliphatic carbocycles. The fraction of sp³-hybridized carbons (Fsp3) is 0.750. The molecule has 1 fully saturated rings. The third-order valence-electron chi connectivity index (χ3n) is 3.33. The van der Waals surface area contributed by atoms with Crippen LogP contribution in [0.2, 0.25) is 0 Å². The van der Waals surface area contributed by atoms with E-state index in [0.717, 1.165) is 0 Å². The number of carbonyl (C=O) groups is 3. The van der Waals surface area contributed by atoms with Crippen molar-refractivity contribution >= 4 is 17.9 Å². The third kappa shape index (κ3) is 4.37. The number of nitrogens with zero attached hydrogens (tertiary/aromatic N) is 1. The molecule has 3 N–H and O–H groups in total. The lowest BCUT2D eigenvalue weighted by Gasteiger charge is -2.28. The highest BCUT2D eigenvalue weighted by molar-refractivity contribution is 5.88. The molecule has 3 amide bonds. The Morgan fingerprint density at radius 1 is 1.30 bits per heavy atom. The number of nitrogens with one attached hydrogen (secondary N) is 2. The first kappa shape index (κ1) is 16.2. The van der Waals surface area contributed by atoms with Crippen molar-refractivity contribution in [2.75, 3.05) is 32.8 Å². The van der Waals surface area contributed by atoms with Gasteiger partial charge in [-0.25, -0.2) is 9.59 Å². The number of carboxylic acid groups (broad SMARTS) is 1. The zero-order chi connectivity index (χ0) is 15.2. The molecule has 1 unspecified atom stereocenters. The van der Waals surface area contributed by atoms with E-state index in [0.29, 0.717) is 26.3 Å². The van der Waals surface area contributed by atoms with E-state index in [4.69, 9.17) is 9.84 Å². The van der Waals surface area contributed by atoms with Crippen LogP contribution in [-0.2, 0) is 14.3 Å². The SMILES string of the molecule is CCC(C)(NC(=O)NCC(=O)N1CCOCC1)C(=O)O. The summed E-state index contributed by atoms with van der Waals surface area (Å²) < 4.78 is 5.12. The van der Waals surface area contributed by atoms with Crippen molar-refractivity contribution in [2.24, 2.45) is 0 Å². The molecule has 1 saturated heterocycles. The van der Waals surface area contributed by atoms with E-state index in [1.807, 2.05) is 0 Å². The first-order valence-corrected chi connectivity index (χ1v) is 6.54. The standard InChI is InChI=1S/C12H21N3O5/c1-3-12(2,10(17)18)14-11(19)13-8-9(16)15-4-6-20-7-5-15/h3-8H2,1-2H3,(H,17,18)(H2,13,14,19). The Labute approximate surface area is 117 Å². The van der Waals surface area contributed by atoms with Crippen LogP contribution in [0, 0.1) is 0 Å². The van der Waals surface area contributed by atoms with Crippen LogP contribution in [0.1, 0.15) is 20.3 Å². The predicted octanol–water partition coefficient (Wildman–Crippen LogP) is -0.602. The summed E-state index contributed by atoms with van der Waals surface area (Å²) in [7, 11) is 0. The van der Waals surface area contributed by atoms with Gasteiger partial charge in [-0.05, 0) is 13.3 Å². The van der Waals surface area contributed by atoms with Gasteiger partial charge in [-0.3, -0.25) is 4.79 Å². The van der Waals surface area contributed by atoms with E-state index in [9.17, 15) is 14.4 Å². The zero-order valence-electron chi connectivity index (χ0n) is 11.8. The van der Waals surface area contributed by atoms with Gasteiger partial charge in [0.1, 0.15) is 5.54 Å². The maximum absolute atomic E-state index is 11.8. The van der Waals surface area contributed by atoms with Crippen LogP contribution < -0.4 is 10.6 Å². The molecule has 0 aromatic rings. The molecular formula is C12H21N3O5. The van der Waals surface area contributed by atoms with E-state index in [-0.39, 0.29) is 18.9 Å². The van der Waals surface area contributed by atoms with Gasteiger partial charge in [0, 0.05) is 13.1 Å². The van der Waals surface area contributed by atoms with E-state index in [1.165, 1.54) is 6.92 Å². The number of aliphatic carboxylic acids is 1. The summed E-state index contributed by atoms with van der Waals surface area (Å²) in [5.41, 5.74) is -1.34. The van der Waals surface area contributed by atoms with E-state index in [1.54, 1.807) is 11.8 Å². The fourth-order valence-electron chi connectivity index (χ4n) is 1.67. The molecule has 1 atom stereocenters. The molecule has 0 bridgehead atoms. The molecule has 1 aliphatic rings. The molecule has 20 heavy (non-hydrogen) atoms. The van der Waals surface area contributed by atoms with Crippen molar-refractivity contribution < 1.29 is 24.2 Å². The molecule has 0 saturated carbocycles. The number of hydrogen-bond donors (Lipinski definition) is 3. The van der Waals surface area contributed by atoms with Crippen LogP contribution >= 0.6 is 0 Å². The lowest BCUT2D eigenvalue weighted by atomic mass is 10.00. The normalized spacial score (nSPS) is 18.0. The third-order valence-corrected chi connectivity index (χ3v) is 3.33. The highest BCUT2D eigenvalue weighted by Gasteiger charge is 2.32. The summed E-state index contributed by atoms with van der Waals surface area (Å²) in [6.45, 7) is 4.90. The minimum Gasteiger partial charge on any atom is -0.480 e. The van der Waals surface area contributed by atoms with Crippen LogP contribution in [0.25, 0.3) is 0 Å². The summed E-state index contributed by atoms with van der Waals surface area (Å²) in [5.74, 6) is -1.33. The van der Waals surface area contributed by atoms with Gasteiger partial charge in [-0.2, -0.15) is 0 Å². The largest absolute Gasteiger partial charge is 0.480 e. The second-order valence-electron chi connectivity index (χ2n) is 4.79. The maximum Gasteiger partial charge on any atom is 0.329 e. The molecule has 8 nitrogen and oxygen atoms in total. The number of carboxylic acids is 1. The number of amides is 3. The highest BCUT2D eigenvalue weighted by atomic mass is 16.5. The van der Waals surface area contributed by atoms with Gasteiger partial charge in [-0.1, -0.05) is 6.92 Å². The van der Waals surface area contributed by atoms with Crippen LogP contribution in [0.15, 0.2) is 0 Å². The second-order valence-corrected chi connectivity index (χ2v) is 4.79. The smallest absolute Gasteiger partial charge is 0.329 e. The molecule has 114 valence electrons. The Balaban J connectivity index is 2.39. The topological polar surface area (TPSA) is 108 Å². The maximum atomic E-state index is 11.8. The predicted molar refractivity (Wildman–Crippen MR) is 70.3 cm³/mol. The highest BCUT2D eigenvalue weighted by Crippen LogP contribution is 2.08. The number of urea groups is 1. The number of morpholine rings is 1. The second kappa shape index (κ2) is 7.09. The van der Waals surface area contributed by atoms with Crippen molar-refractivity contribution in [3.8, 4) is 0 Å². The molecular weight excluding hydrogens is 266 g/mol. The van der Waals surface area contributed by atoms with Crippen LogP contribution in [-0.4, -0.2) is 66.3 Å². The first-order chi connectivity index (χ1) is 9.39. The summed E-state index contributed by atoms with van der Waals surface area (Å²) in [5, 5.41) is 13.8. The average Bonchev–Trinajstić information content (AvgIpc) is 2.45. The molecule has 0 aromatic heterocycles. The Hall–Kier alpha value is -1.83. The lowest BCUT2D eigenvalue weighted by Crippen LogP contribution is -2.56. The van der Waals surface area contributed by atoms with Crippen LogP contribution in [0.3, 0.4) is 0 Å². The Morgan fingerprint density at radius 2 is 1.90 bits per heavy atom. The van der Waals surface area contributed by atoms with Crippen molar-refractivity contribution in [2.45, 2.75) is 25.8 Å². The average molecular weight is 287 g/mol. The molecule has 0 aromatic carbocycles. The van der Waals surface area contributed by atoms with Gasteiger partial charge in [0.2, 0.25) is 5.91 Å². The van der Waals surface area contributed by atoms with Gasteiger partial charge < -0.3 is 25.4 Å². The van der Waals surface area contributed by atoms with Gasteiger partial charge in [0.15, 0.2) is 0 Å². The number of ether oxygens (including phenoxy) is 1. The summed E-state index contributed by atoms with van der Waals surface area (Å²) in [6, 6.07) is -0.668. The van der Waals surface area contributed by atoms with Crippen molar-refractivity contribution in [3.63, 3.8) is 0 Å². The molecule has 1 heterocycles. The van der Waals surface area contributed by atoms with E-state index >= 15 is 0 Å². The van der Waals surface area contributed by atoms with Gasteiger partial charge in [0.05, 0.1) is 19.8 Å². The van der Waals surface area contributed by atoms with Gasteiger partial charge >= 0.3 is 12.0 Å². The van der Waals surface area contributed by atoms with Crippen molar-refractivity contribution in [1.29, 1.82) is 0 Å². The molecule has 0 spiro atoms. The van der Waals surface area contributed by atoms with E-state index in [2.05, 4.69) is 10.6 Å².